The van der Waals surface area contributed by atoms with Crippen LogP contribution < -0.4 is 4.74 Å². The largest absolute Gasteiger partial charge is 0.467 e. The molecule has 8 heteroatoms. The predicted octanol–water partition coefficient (Wildman–Crippen LogP) is 3.67. The first-order valence-corrected chi connectivity index (χ1v) is 7.43. The summed E-state index contributed by atoms with van der Waals surface area (Å²) in [5, 5.41) is 15.4. The lowest BCUT2D eigenvalue weighted by atomic mass is 10.1. The van der Waals surface area contributed by atoms with Crippen LogP contribution in [0.5, 0.6) is 5.75 Å². The Kier molecular flexibility index (Phi) is 4.93. The van der Waals surface area contributed by atoms with Crippen LogP contribution in [0, 0.1) is 10.1 Å². The molecule has 1 aliphatic rings. The number of nitro groups is 1. The Morgan fingerprint density at radius 3 is 3.00 bits per heavy atom. The highest BCUT2D eigenvalue weighted by Crippen LogP contribution is 2.33. The Labute approximate surface area is 142 Å². The Morgan fingerprint density at radius 1 is 1.38 bits per heavy atom. The fraction of sp³-hybridized carbons (Fsp3) is 0.188. The van der Waals surface area contributed by atoms with E-state index in [1.165, 1.54) is 18.3 Å². The van der Waals surface area contributed by atoms with Crippen LogP contribution in [0.15, 0.2) is 41.6 Å². The second kappa shape index (κ2) is 7.29. The van der Waals surface area contributed by atoms with Gasteiger partial charge in [0.05, 0.1) is 17.7 Å². The summed E-state index contributed by atoms with van der Waals surface area (Å²) >= 11 is 6.01. The van der Waals surface area contributed by atoms with Crippen molar-refractivity contribution in [2.45, 2.75) is 13.2 Å². The van der Waals surface area contributed by atoms with E-state index in [0.29, 0.717) is 27.5 Å². The lowest BCUT2D eigenvalue weighted by Gasteiger charge is -2.20. The van der Waals surface area contributed by atoms with Crippen LogP contribution in [0.3, 0.4) is 0 Å². The van der Waals surface area contributed by atoms with Crippen molar-refractivity contribution in [2.24, 2.45) is 5.16 Å². The van der Waals surface area contributed by atoms with Gasteiger partial charge in [-0.1, -0.05) is 35.0 Å². The molecule has 1 heterocycles. The molecule has 0 N–H and O–H groups in total. The summed E-state index contributed by atoms with van der Waals surface area (Å²) in [5.74, 6) is 0.541. The molecule has 124 valence electrons. The maximum atomic E-state index is 11.0. The summed E-state index contributed by atoms with van der Waals surface area (Å²) in [6.45, 7) is 0.387. The van der Waals surface area contributed by atoms with Crippen LogP contribution in [0.4, 0.5) is 5.69 Å². The van der Waals surface area contributed by atoms with Crippen molar-refractivity contribution in [1.82, 2.24) is 0 Å². The zero-order valence-corrected chi connectivity index (χ0v) is 13.2. The standard InChI is InChI=1S/C16H13ClN2O5/c17-15-4-2-1-3-11(15)7-18-24-9-13-6-14(19(20)21)5-12-8-22-10-23-16(12)13/h1-7H,8-10H2/b18-7+. The predicted molar refractivity (Wildman–Crippen MR) is 87.2 cm³/mol. The quantitative estimate of drug-likeness (QED) is 0.467. The van der Waals surface area contributed by atoms with Crippen molar-refractivity contribution < 1.29 is 19.2 Å². The molecule has 0 unspecified atom stereocenters. The minimum atomic E-state index is -0.467. The first kappa shape index (κ1) is 16.2. The molecule has 0 radical (unpaired) electrons. The molecule has 0 bridgehead atoms. The highest BCUT2D eigenvalue weighted by Gasteiger charge is 2.21. The number of nitrogens with zero attached hydrogens (tertiary/aromatic N) is 2. The van der Waals surface area contributed by atoms with Gasteiger partial charge >= 0.3 is 0 Å². The average Bonchev–Trinajstić information content (AvgIpc) is 2.59. The van der Waals surface area contributed by atoms with Crippen molar-refractivity contribution in [2.75, 3.05) is 6.79 Å². The summed E-state index contributed by atoms with van der Waals surface area (Å²) in [6, 6.07) is 10.0. The highest BCUT2D eigenvalue weighted by molar-refractivity contribution is 6.33. The van der Waals surface area contributed by atoms with Crippen LogP contribution in [-0.2, 0) is 22.8 Å². The van der Waals surface area contributed by atoms with Gasteiger partial charge in [-0.2, -0.15) is 0 Å². The monoisotopic (exact) mass is 348 g/mol. The maximum absolute atomic E-state index is 11.0. The van der Waals surface area contributed by atoms with Gasteiger partial charge < -0.3 is 14.3 Å². The van der Waals surface area contributed by atoms with Gasteiger partial charge in [0.25, 0.3) is 5.69 Å². The Morgan fingerprint density at radius 2 is 2.21 bits per heavy atom. The molecule has 0 fully saturated rings. The second-order valence-electron chi connectivity index (χ2n) is 4.99. The smallest absolute Gasteiger partial charge is 0.270 e. The van der Waals surface area contributed by atoms with Gasteiger partial charge in [0.2, 0.25) is 0 Å². The van der Waals surface area contributed by atoms with Gasteiger partial charge in [0.1, 0.15) is 12.4 Å². The molecule has 0 saturated carbocycles. The topological polar surface area (TPSA) is 83.2 Å². The van der Waals surface area contributed by atoms with E-state index in [1.807, 2.05) is 12.1 Å². The van der Waals surface area contributed by atoms with E-state index < -0.39 is 4.92 Å². The van der Waals surface area contributed by atoms with E-state index in [2.05, 4.69) is 5.16 Å². The van der Waals surface area contributed by atoms with E-state index in [-0.39, 0.29) is 25.7 Å². The van der Waals surface area contributed by atoms with Crippen molar-refractivity contribution in [3.05, 3.63) is 68.2 Å². The van der Waals surface area contributed by atoms with E-state index in [4.69, 9.17) is 25.9 Å². The number of hydrogen-bond donors (Lipinski definition) is 0. The maximum Gasteiger partial charge on any atom is 0.270 e. The number of ether oxygens (including phenoxy) is 2. The molecular weight excluding hydrogens is 336 g/mol. The normalized spacial score (nSPS) is 13.4. The van der Waals surface area contributed by atoms with E-state index in [9.17, 15) is 10.1 Å². The lowest BCUT2D eigenvalue weighted by molar-refractivity contribution is -0.385. The van der Waals surface area contributed by atoms with Crippen molar-refractivity contribution in [3.8, 4) is 5.75 Å². The van der Waals surface area contributed by atoms with E-state index in [0.717, 1.165) is 0 Å². The molecule has 1 aliphatic heterocycles. The molecular formula is C16H13ClN2O5. The number of fused-ring (bicyclic) bond motifs is 1. The van der Waals surface area contributed by atoms with Crippen molar-refractivity contribution in [1.29, 1.82) is 0 Å². The molecule has 0 spiro atoms. The molecule has 2 aromatic carbocycles. The molecule has 0 saturated heterocycles. The van der Waals surface area contributed by atoms with Gasteiger partial charge in [0, 0.05) is 33.8 Å². The Hall–Kier alpha value is -2.64. The van der Waals surface area contributed by atoms with Gasteiger partial charge in [0.15, 0.2) is 6.79 Å². The molecule has 3 rings (SSSR count). The fourth-order valence-electron chi connectivity index (χ4n) is 2.27. The van der Waals surface area contributed by atoms with Crippen LogP contribution in [0.1, 0.15) is 16.7 Å². The zero-order chi connectivity index (χ0) is 16.9. The van der Waals surface area contributed by atoms with Crippen LogP contribution >= 0.6 is 11.6 Å². The number of oxime groups is 1. The third kappa shape index (κ3) is 3.64. The number of halogens is 1. The summed E-state index contributed by atoms with van der Waals surface area (Å²) in [6.07, 6.45) is 1.48. The van der Waals surface area contributed by atoms with Crippen LogP contribution in [-0.4, -0.2) is 17.9 Å². The molecule has 0 aliphatic carbocycles. The SMILES string of the molecule is O=[N+]([O-])c1cc2c(c(CO/N=C/c3ccccc3Cl)c1)OCOC2. The van der Waals surface area contributed by atoms with Gasteiger partial charge in [-0.3, -0.25) is 10.1 Å². The third-order valence-electron chi connectivity index (χ3n) is 3.37. The molecule has 2 aromatic rings. The second-order valence-corrected chi connectivity index (χ2v) is 5.40. The highest BCUT2D eigenvalue weighted by atomic mass is 35.5. The minimum Gasteiger partial charge on any atom is -0.467 e. The van der Waals surface area contributed by atoms with Crippen molar-refractivity contribution in [3.63, 3.8) is 0 Å². The number of non-ortho nitro benzene ring substituents is 1. The molecule has 24 heavy (non-hydrogen) atoms. The zero-order valence-electron chi connectivity index (χ0n) is 12.5. The summed E-state index contributed by atoms with van der Waals surface area (Å²) in [4.78, 5) is 15.8. The lowest BCUT2D eigenvalue weighted by Crippen LogP contribution is -2.14. The summed E-state index contributed by atoms with van der Waals surface area (Å²) in [7, 11) is 0. The third-order valence-corrected chi connectivity index (χ3v) is 3.72. The van der Waals surface area contributed by atoms with Gasteiger partial charge in [-0.15, -0.1) is 0 Å². The number of hydrogen-bond acceptors (Lipinski definition) is 6. The van der Waals surface area contributed by atoms with Crippen LogP contribution in [0.2, 0.25) is 5.02 Å². The first-order chi connectivity index (χ1) is 11.6. The van der Waals surface area contributed by atoms with Crippen LogP contribution in [0.25, 0.3) is 0 Å². The molecule has 0 aromatic heterocycles. The number of nitro benzene ring substituents is 1. The molecule has 0 amide bonds. The Bertz CT molecular complexity index is 794. The average molecular weight is 349 g/mol. The first-order valence-electron chi connectivity index (χ1n) is 7.06. The van der Waals surface area contributed by atoms with E-state index >= 15 is 0 Å². The number of benzene rings is 2. The summed E-state index contributed by atoms with van der Waals surface area (Å²) < 4.78 is 10.6. The van der Waals surface area contributed by atoms with Crippen molar-refractivity contribution >= 4 is 23.5 Å². The van der Waals surface area contributed by atoms with Gasteiger partial charge in [-0.25, -0.2) is 0 Å². The molecule has 0 atom stereocenters. The fourth-order valence-corrected chi connectivity index (χ4v) is 2.46. The van der Waals surface area contributed by atoms with Gasteiger partial charge in [-0.05, 0) is 6.07 Å². The number of rotatable bonds is 5. The Balaban J connectivity index is 1.76. The summed E-state index contributed by atoms with van der Waals surface area (Å²) in [5.41, 5.74) is 1.82. The van der Waals surface area contributed by atoms with E-state index in [1.54, 1.807) is 12.1 Å². The molecule has 7 nitrogen and oxygen atoms in total. The minimum absolute atomic E-state index is 0.0327.